The molecule has 2 fully saturated rings. The molecule has 3 heterocycles. The van der Waals surface area contributed by atoms with Crippen LogP contribution in [-0.4, -0.2) is 56.4 Å². The van der Waals surface area contributed by atoms with Gasteiger partial charge in [-0.25, -0.2) is 4.98 Å². The molecule has 8 heteroatoms. The number of aryl methyl sites for hydroxylation is 2. The fourth-order valence-corrected chi connectivity index (χ4v) is 3.48. The lowest BCUT2D eigenvalue weighted by atomic mass is 10.1. The second-order valence-corrected chi connectivity index (χ2v) is 7.01. The Morgan fingerprint density at radius 3 is 3.08 bits per heavy atom. The predicted octanol–water partition coefficient (Wildman–Crippen LogP) is 0.617. The number of aromatic amines is 1. The molecule has 2 aromatic rings. The van der Waals surface area contributed by atoms with E-state index >= 15 is 0 Å². The first kappa shape index (κ1) is 16.3. The van der Waals surface area contributed by atoms with Gasteiger partial charge in [-0.1, -0.05) is 12.8 Å². The minimum absolute atomic E-state index is 0.113. The number of fused-ring (bicyclic) bond motifs is 1. The van der Waals surface area contributed by atoms with Gasteiger partial charge >= 0.3 is 0 Å². The Morgan fingerprint density at radius 2 is 2.28 bits per heavy atom. The maximum Gasteiger partial charge on any atom is 0.262 e. The van der Waals surface area contributed by atoms with E-state index in [9.17, 15) is 9.59 Å². The molecule has 134 valence electrons. The fourth-order valence-electron chi connectivity index (χ4n) is 3.48. The molecule has 0 bridgehead atoms. The largest absolute Gasteiger partial charge is 0.377 e. The lowest BCUT2D eigenvalue weighted by molar-refractivity contribution is -0.140. The number of morpholine rings is 1. The maximum atomic E-state index is 12.7. The van der Waals surface area contributed by atoms with Crippen molar-refractivity contribution in [1.82, 2.24) is 24.6 Å². The summed E-state index contributed by atoms with van der Waals surface area (Å²) in [5.74, 6) is 1.40. The second kappa shape index (κ2) is 6.59. The SMILES string of the molecule is Cn1ncc2c(=O)[nH]c(CCC(=O)N3CCOCC3CC3CC3)nc21. The zero-order valence-electron chi connectivity index (χ0n) is 14.4. The number of aromatic nitrogens is 4. The molecular formula is C17H23N5O3. The number of H-pyrrole nitrogens is 1. The van der Waals surface area contributed by atoms with Gasteiger partial charge in [-0.15, -0.1) is 0 Å². The van der Waals surface area contributed by atoms with Crippen molar-refractivity contribution < 1.29 is 9.53 Å². The van der Waals surface area contributed by atoms with E-state index in [4.69, 9.17) is 4.74 Å². The van der Waals surface area contributed by atoms with E-state index in [1.807, 2.05) is 4.90 Å². The van der Waals surface area contributed by atoms with Crippen LogP contribution in [0.1, 0.15) is 31.5 Å². The molecule has 1 amide bonds. The minimum Gasteiger partial charge on any atom is -0.377 e. The summed E-state index contributed by atoms with van der Waals surface area (Å²) >= 11 is 0. The van der Waals surface area contributed by atoms with Gasteiger partial charge in [-0.2, -0.15) is 5.10 Å². The monoisotopic (exact) mass is 345 g/mol. The quantitative estimate of drug-likeness (QED) is 0.857. The molecule has 0 aromatic carbocycles. The number of hydrogen-bond acceptors (Lipinski definition) is 5. The predicted molar refractivity (Wildman–Crippen MR) is 91.1 cm³/mol. The zero-order valence-corrected chi connectivity index (χ0v) is 14.4. The van der Waals surface area contributed by atoms with Crippen LogP contribution in [0.4, 0.5) is 0 Å². The van der Waals surface area contributed by atoms with Gasteiger partial charge in [0, 0.05) is 26.4 Å². The minimum atomic E-state index is -0.210. The summed E-state index contributed by atoms with van der Waals surface area (Å²) in [6.07, 6.45) is 5.85. The topological polar surface area (TPSA) is 93.1 Å². The number of rotatable bonds is 5. The highest BCUT2D eigenvalue weighted by atomic mass is 16.5. The van der Waals surface area contributed by atoms with E-state index in [0.29, 0.717) is 49.5 Å². The van der Waals surface area contributed by atoms with Crippen LogP contribution in [-0.2, 0) is 23.0 Å². The van der Waals surface area contributed by atoms with E-state index in [1.165, 1.54) is 19.0 Å². The van der Waals surface area contributed by atoms with E-state index in [1.54, 1.807) is 11.7 Å². The van der Waals surface area contributed by atoms with Gasteiger partial charge in [0.05, 0.1) is 25.5 Å². The third kappa shape index (κ3) is 3.44. The van der Waals surface area contributed by atoms with Crippen molar-refractivity contribution in [3.05, 3.63) is 22.4 Å². The normalized spacial score (nSPS) is 21.0. The molecule has 0 spiro atoms. The third-order valence-corrected chi connectivity index (χ3v) is 5.08. The summed E-state index contributed by atoms with van der Waals surface area (Å²) < 4.78 is 7.13. The number of amides is 1. The highest BCUT2D eigenvalue weighted by molar-refractivity contribution is 5.77. The maximum absolute atomic E-state index is 12.7. The van der Waals surface area contributed by atoms with Crippen LogP contribution >= 0.6 is 0 Å². The van der Waals surface area contributed by atoms with Gasteiger partial charge < -0.3 is 14.6 Å². The molecule has 2 aliphatic rings. The first-order valence-electron chi connectivity index (χ1n) is 8.90. The molecule has 1 aliphatic carbocycles. The van der Waals surface area contributed by atoms with Crippen LogP contribution in [0.15, 0.2) is 11.0 Å². The van der Waals surface area contributed by atoms with Crippen molar-refractivity contribution in [2.24, 2.45) is 13.0 Å². The smallest absolute Gasteiger partial charge is 0.262 e. The van der Waals surface area contributed by atoms with E-state index in [2.05, 4.69) is 15.1 Å². The van der Waals surface area contributed by atoms with Crippen molar-refractivity contribution >= 4 is 16.9 Å². The van der Waals surface area contributed by atoms with Crippen LogP contribution < -0.4 is 5.56 Å². The van der Waals surface area contributed by atoms with Gasteiger partial charge in [0.15, 0.2) is 5.65 Å². The van der Waals surface area contributed by atoms with Crippen molar-refractivity contribution in [1.29, 1.82) is 0 Å². The number of hydrogen-bond donors (Lipinski definition) is 1. The van der Waals surface area contributed by atoms with Gasteiger partial charge in [-0.3, -0.25) is 14.3 Å². The Bertz CT molecular complexity index is 838. The Hall–Kier alpha value is -2.22. The van der Waals surface area contributed by atoms with Crippen LogP contribution in [0.25, 0.3) is 11.0 Å². The van der Waals surface area contributed by atoms with Gasteiger partial charge in [-0.05, 0) is 12.3 Å². The molecule has 8 nitrogen and oxygen atoms in total. The molecule has 0 radical (unpaired) electrons. The van der Waals surface area contributed by atoms with Gasteiger partial charge in [0.25, 0.3) is 5.56 Å². The van der Waals surface area contributed by atoms with Crippen molar-refractivity contribution in [2.75, 3.05) is 19.8 Å². The summed E-state index contributed by atoms with van der Waals surface area (Å²) in [6.45, 7) is 1.89. The van der Waals surface area contributed by atoms with Gasteiger partial charge in [0.1, 0.15) is 11.2 Å². The van der Waals surface area contributed by atoms with E-state index < -0.39 is 0 Å². The summed E-state index contributed by atoms with van der Waals surface area (Å²) in [7, 11) is 1.75. The molecule has 1 unspecified atom stereocenters. The Labute approximate surface area is 145 Å². The number of ether oxygens (including phenoxy) is 1. The van der Waals surface area contributed by atoms with Gasteiger partial charge in [0.2, 0.25) is 5.91 Å². The summed E-state index contributed by atoms with van der Waals surface area (Å²) in [4.78, 5) is 33.9. The van der Waals surface area contributed by atoms with Crippen molar-refractivity contribution in [2.45, 2.75) is 38.1 Å². The standard InChI is InChI=1S/C17H23N5O3/c1-21-16-13(9-18-21)17(24)20-14(19-16)4-5-15(23)22-6-7-25-10-12(22)8-11-2-3-11/h9,11-12H,2-8,10H2,1H3,(H,19,20,24). The molecule has 1 atom stereocenters. The number of carbonyl (C=O) groups is 1. The summed E-state index contributed by atoms with van der Waals surface area (Å²) in [5.41, 5.74) is 0.336. The summed E-state index contributed by atoms with van der Waals surface area (Å²) in [6, 6.07) is 0.195. The van der Waals surface area contributed by atoms with Crippen LogP contribution in [0, 0.1) is 5.92 Å². The fraction of sp³-hybridized carbons (Fsp3) is 0.647. The van der Waals surface area contributed by atoms with E-state index in [0.717, 1.165) is 12.3 Å². The Morgan fingerprint density at radius 1 is 1.44 bits per heavy atom. The molecule has 1 saturated heterocycles. The third-order valence-electron chi connectivity index (χ3n) is 5.08. The second-order valence-electron chi connectivity index (χ2n) is 7.01. The van der Waals surface area contributed by atoms with Crippen LogP contribution in [0.3, 0.4) is 0 Å². The highest BCUT2D eigenvalue weighted by Crippen LogP contribution is 2.35. The van der Waals surface area contributed by atoms with E-state index in [-0.39, 0.29) is 17.5 Å². The summed E-state index contributed by atoms with van der Waals surface area (Å²) in [5, 5.41) is 4.52. The number of nitrogens with one attached hydrogen (secondary N) is 1. The average Bonchev–Trinajstić information content (AvgIpc) is 3.35. The molecule has 2 aromatic heterocycles. The molecule has 25 heavy (non-hydrogen) atoms. The molecule has 1 N–H and O–H groups in total. The van der Waals surface area contributed by atoms with Crippen molar-refractivity contribution in [3.8, 4) is 0 Å². The lowest BCUT2D eigenvalue weighted by Gasteiger charge is -2.36. The first-order valence-corrected chi connectivity index (χ1v) is 8.90. The molecular weight excluding hydrogens is 322 g/mol. The Kier molecular flexibility index (Phi) is 4.29. The van der Waals surface area contributed by atoms with Crippen LogP contribution in [0.5, 0.6) is 0 Å². The average molecular weight is 345 g/mol. The number of carbonyl (C=O) groups excluding carboxylic acids is 1. The molecule has 1 aliphatic heterocycles. The Balaban J connectivity index is 1.43. The van der Waals surface area contributed by atoms with Crippen LogP contribution in [0.2, 0.25) is 0 Å². The molecule has 1 saturated carbocycles. The van der Waals surface area contributed by atoms with Crippen molar-refractivity contribution in [3.63, 3.8) is 0 Å². The number of nitrogens with zero attached hydrogens (tertiary/aromatic N) is 4. The lowest BCUT2D eigenvalue weighted by Crippen LogP contribution is -2.49. The highest BCUT2D eigenvalue weighted by Gasteiger charge is 2.32. The molecule has 4 rings (SSSR count). The first-order chi connectivity index (χ1) is 12.1. The zero-order chi connectivity index (χ0) is 17.4.